The second-order valence-electron chi connectivity index (χ2n) is 7.11. The maximum absolute atomic E-state index is 12.3. The van der Waals surface area contributed by atoms with Gasteiger partial charge in [-0.15, -0.1) is 0 Å². The van der Waals surface area contributed by atoms with Gasteiger partial charge in [-0.2, -0.15) is 0 Å². The van der Waals surface area contributed by atoms with Crippen LogP contribution in [0.2, 0.25) is 0 Å². The lowest BCUT2D eigenvalue weighted by Gasteiger charge is -2.26. The van der Waals surface area contributed by atoms with E-state index in [0.29, 0.717) is 22.8 Å². The summed E-state index contributed by atoms with van der Waals surface area (Å²) >= 11 is 0. The van der Waals surface area contributed by atoms with E-state index in [4.69, 9.17) is 18.9 Å². The minimum atomic E-state index is -0.618. The van der Waals surface area contributed by atoms with Crippen LogP contribution in [0, 0.1) is 0 Å². The van der Waals surface area contributed by atoms with Crippen molar-refractivity contribution in [2.45, 2.75) is 25.3 Å². The van der Waals surface area contributed by atoms with Crippen LogP contribution in [0.3, 0.4) is 0 Å². The smallest absolute Gasteiger partial charge is 0.331 e. The first-order valence-electron chi connectivity index (χ1n) is 10.1. The van der Waals surface area contributed by atoms with E-state index in [1.165, 1.54) is 33.0 Å². The molecule has 0 heterocycles. The Morgan fingerprint density at radius 3 is 2.45 bits per heavy atom. The fourth-order valence-corrected chi connectivity index (χ4v) is 3.69. The van der Waals surface area contributed by atoms with E-state index in [-0.39, 0.29) is 18.6 Å². The molecule has 3 rings (SSSR count). The zero-order valence-electron chi connectivity index (χ0n) is 18.0. The highest BCUT2D eigenvalue weighted by Crippen LogP contribution is 2.38. The summed E-state index contributed by atoms with van der Waals surface area (Å²) in [7, 11) is 4.55. The molecule has 1 amide bonds. The number of nitrogens with one attached hydrogen (secondary N) is 1. The van der Waals surface area contributed by atoms with Gasteiger partial charge in [-0.3, -0.25) is 4.79 Å². The molecule has 0 aromatic heterocycles. The van der Waals surface area contributed by atoms with Crippen LogP contribution in [0.1, 0.15) is 35.6 Å². The quantitative estimate of drug-likeness (QED) is 0.515. The van der Waals surface area contributed by atoms with E-state index in [1.54, 1.807) is 18.2 Å². The van der Waals surface area contributed by atoms with E-state index in [9.17, 15) is 9.59 Å². The average Bonchev–Trinajstić information content (AvgIpc) is 2.80. The van der Waals surface area contributed by atoms with Gasteiger partial charge in [-0.1, -0.05) is 24.3 Å². The summed E-state index contributed by atoms with van der Waals surface area (Å²) in [4.78, 5) is 24.3. The molecule has 0 aliphatic heterocycles. The Morgan fingerprint density at radius 2 is 1.77 bits per heavy atom. The second kappa shape index (κ2) is 10.5. The van der Waals surface area contributed by atoms with Crippen LogP contribution < -0.4 is 19.5 Å². The van der Waals surface area contributed by atoms with E-state index in [1.807, 2.05) is 18.2 Å². The molecule has 7 nitrogen and oxygen atoms in total. The zero-order chi connectivity index (χ0) is 22.2. The van der Waals surface area contributed by atoms with Crippen molar-refractivity contribution in [2.24, 2.45) is 0 Å². The van der Waals surface area contributed by atoms with Crippen molar-refractivity contribution in [1.29, 1.82) is 0 Å². The normalized spacial score (nSPS) is 15.1. The Kier molecular flexibility index (Phi) is 7.54. The van der Waals surface area contributed by atoms with Crippen molar-refractivity contribution < 1.29 is 28.5 Å². The van der Waals surface area contributed by atoms with Gasteiger partial charge >= 0.3 is 5.97 Å². The average molecular weight is 425 g/mol. The number of hydrogen-bond donors (Lipinski definition) is 1. The first-order chi connectivity index (χ1) is 15.0. The summed E-state index contributed by atoms with van der Waals surface area (Å²) in [6.07, 6.45) is 5.71. The van der Waals surface area contributed by atoms with Crippen molar-refractivity contribution in [2.75, 3.05) is 27.9 Å². The third-order valence-electron chi connectivity index (χ3n) is 5.15. The molecule has 0 radical (unpaired) electrons. The third kappa shape index (κ3) is 5.57. The number of hydrogen-bond acceptors (Lipinski definition) is 6. The molecule has 0 fully saturated rings. The summed E-state index contributed by atoms with van der Waals surface area (Å²) in [6, 6.07) is 11.5. The monoisotopic (exact) mass is 425 g/mol. The molecule has 1 N–H and O–H groups in total. The number of carbonyl (C=O) groups is 2. The Morgan fingerprint density at radius 1 is 1.06 bits per heavy atom. The third-order valence-corrected chi connectivity index (χ3v) is 5.15. The van der Waals surface area contributed by atoms with Gasteiger partial charge in [0.1, 0.15) is 0 Å². The van der Waals surface area contributed by atoms with Gasteiger partial charge in [-0.25, -0.2) is 4.79 Å². The molecule has 0 unspecified atom stereocenters. The summed E-state index contributed by atoms with van der Waals surface area (Å²) in [5.74, 6) is 0.471. The van der Waals surface area contributed by atoms with Gasteiger partial charge < -0.3 is 24.3 Å². The van der Waals surface area contributed by atoms with E-state index in [0.717, 1.165) is 24.8 Å². The molecule has 1 atom stereocenters. The standard InChI is InChI=1S/C24H27NO6/c1-28-20-13-16(14-21(29-2)24(20)30-3)11-12-23(27)31-15-22(26)25-19-10-6-8-17-7-4-5-9-18(17)19/h4-5,7,9,11-14,19H,6,8,10,15H2,1-3H3,(H,25,26)/b12-11+/t19-/m0/s1. The Bertz CT molecular complexity index is 943. The SMILES string of the molecule is COc1cc(/C=C/C(=O)OCC(=O)N[C@H]2CCCc3ccccc32)cc(OC)c1OC. The second-order valence-corrected chi connectivity index (χ2v) is 7.11. The summed E-state index contributed by atoms with van der Waals surface area (Å²) in [5, 5.41) is 2.96. The van der Waals surface area contributed by atoms with Crippen LogP contribution in [0.15, 0.2) is 42.5 Å². The minimum Gasteiger partial charge on any atom is -0.493 e. The zero-order valence-corrected chi connectivity index (χ0v) is 18.0. The summed E-state index contributed by atoms with van der Waals surface area (Å²) in [5.41, 5.74) is 3.05. The van der Waals surface area contributed by atoms with Crippen LogP contribution >= 0.6 is 0 Å². The molecule has 164 valence electrons. The molecule has 7 heteroatoms. The molecule has 2 aromatic carbocycles. The Labute approximate surface area is 181 Å². The lowest BCUT2D eigenvalue weighted by Crippen LogP contribution is -2.34. The highest BCUT2D eigenvalue weighted by molar-refractivity contribution is 5.89. The van der Waals surface area contributed by atoms with Crippen LogP contribution in [0.4, 0.5) is 0 Å². The van der Waals surface area contributed by atoms with Crippen molar-refractivity contribution in [3.63, 3.8) is 0 Å². The topological polar surface area (TPSA) is 83.1 Å². The number of carbonyl (C=O) groups excluding carboxylic acids is 2. The van der Waals surface area contributed by atoms with Gasteiger partial charge in [0.2, 0.25) is 5.75 Å². The number of aryl methyl sites for hydroxylation is 1. The van der Waals surface area contributed by atoms with Gasteiger partial charge in [-0.05, 0) is 54.2 Å². The minimum absolute atomic E-state index is 0.0501. The molecular formula is C24H27NO6. The maximum Gasteiger partial charge on any atom is 0.331 e. The van der Waals surface area contributed by atoms with Gasteiger partial charge in [0.25, 0.3) is 5.91 Å². The lowest BCUT2D eigenvalue weighted by atomic mass is 9.88. The molecule has 2 aromatic rings. The lowest BCUT2D eigenvalue weighted by molar-refractivity contribution is -0.144. The number of ether oxygens (including phenoxy) is 4. The van der Waals surface area contributed by atoms with Crippen molar-refractivity contribution in [1.82, 2.24) is 5.32 Å². The van der Waals surface area contributed by atoms with Gasteiger partial charge in [0, 0.05) is 6.08 Å². The van der Waals surface area contributed by atoms with Crippen LogP contribution in [0.25, 0.3) is 6.08 Å². The van der Waals surface area contributed by atoms with Crippen molar-refractivity contribution in [3.05, 3.63) is 59.2 Å². The highest BCUT2D eigenvalue weighted by Gasteiger charge is 2.21. The number of methoxy groups -OCH3 is 3. The van der Waals surface area contributed by atoms with Crippen molar-refractivity contribution in [3.8, 4) is 17.2 Å². The van der Waals surface area contributed by atoms with Gasteiger partial charge in [0.05, 0.1) is 27.4 Å². The molecule has 0 bridgehead atoms. The molecule has 0 spiro atoms. The molecule has 1 aliphatic rings. The maximum atomic E-state index is 12.3. The summed E-state index contributed by atoms with van der Waals surface area (Å²) in [6.45, 7) is -0.336. The molecule has 31 heavy (non-hydrogen) atoms. The number of benzene rings is 2. The number of fused-ring (bicyclic) bond motifs is 1. The molecule has 0 saturated heterocycles. The van der Waals surface area contributed by atoms with Crippen LogP contribution in [-0.4, -0.2) is 39.8 Å². The number of rotatable bonds is 8. The number of amides is 1. The fraction of sp³-hybridized carbons (Fsp3) is 0.333. The predicted molar refractivity (Wildman–Crippen MR) is 116 cm³/mol. The van der Waals surface area contributed by atoms with E-state index >= 15 is 0 Å². The molecular weight excluding hydrogens is 398 g/mol. The fourth-order valence-electron chi connectivity index (χ4n) is 3.69. The Hall–Kier alpha value is -3.48. The van der Waals surface area contributed by atoms with E-state index < -0.39 is 5.97 Å². The predicted octanol–water partition coefficient (Wildman–Crippen LogP) is 3.46. The van der Waals surface area contributed by atoms with Crippen LogP contribution in [-0.2, 0) is 20.7 Å². The highest BCUT2D eigenvalue weighted by atomic mass is 16.5. The van der Waals surface area contributed by atoms with Crippen LogP contribution in [0.5, 0.6) is 17.2 Å². The van der Waals surface area contributed by atoms with Crippen molar-refractivity contribution >= 4 is 18.0 Å². The van der Waals surface area contributed by atoms with E-state index in [2.05, 4.69) is 11.4 Å². The molecule has 1 aliphatic carbocycles. The number of esters is 1. The Balaban J connectivity index is 1.56. The first kappa shape index (κ1) is 22.2. The first-order valence-corrected chi connectivity index (χ1v) is 10.1. The summed E-state index contributed by atoms with van der Waals surface area (Å²) < 4.78 is 21.0. The molecule has 0 saturated carbocycles. The largest absolute Gasteiger partial charge is 0.493 e. The van der Waals surface area contributed by atoms with Gasteiger partial charge in [0.15, 0.2) is 18.1 Å².